The van der Waals surface area contributed by atoms with Crippen molar-refractivity contribution < 1.29 is 4.79 Å². The number of rotatable bonds is 3. The number of likely N-dealkylation sites (N-methyl/N-ethyl adjacent to an activating group) is 1. The number of carbonyl (C=O) groups excluding carboxylic acids is 1. The highest BCUT2D eigenvalue weighted by Gasteiger charge is 2.23. The monoisotopic (exact) mass is 310 g/mol. The molecule has 2 rings (SSSR count). The minimum absolute atomic E-state index is 0.00578. The van der Waals surface area contributed by atoms with Crippen LogP contribution in [-0.2, 0) is 11.3 Å². The molecule has 0 aliphatic carbocycles. The summed E-state index contributed by atoms with van der Waals surface area (Å²) in [6.07, 6.45) is 3.28. The van der Waals surface area contributed by atoms with E-state index in [0.29, 0.717) is 6.54 Å². The van der Waals surface area contributed by atoms with E-state index in [-0.39, 0.29) is 11.9 Å². The molecule has 0 aromatic heterocycles. The van der Waals surface area contributed by atoms with Crippen LogP contribution in [0.1, 0.15) is 24.8 Å². The molecule has 1 fully saturated rings. The minimum Gasteiger partial charge on any atom is -0.340 e. The molecule has 0 saturated carbocycles. The number of amides is 1. The first-order valence-corrected chi connectivity index (χ1v) is 7.19. The molecule has 1 amide bonds. The fraction of sp³-hybridized carbons (Fsp3) is 0.500. The van der Waals surface area contributed by atoms with Crippen LogP contribution < -0.4 is 5.32 Å². The molecule has 98 valence electrons. The van der Waals surface area contributed by atoms with Gasteiger partial charge in [0, 0.05) is 18.1 Å². The smallest absolute Gasteiger partial charge is 0.239 e. The molecule has 1 aliphatic rings. The van der Waals surface area contributed by atoms with E-state index in [2.05, 4.69) is 21.2 Å². The van der Waals surface area contributed by atoms with Crippen LogP contribution in [0.2, 0.25) is 0 Å². The van der Waals surface area contributed by atoms with Gasteiger partial charge < -0.3 is 10.2 Å². The molecular formula is C14H19BrN2O. The predicted octanol–water partition coefficient (Wildman–Crippen LogP) is 2.55. The van der Waals surface area contributed by atoms with Crippen LogP contribution in [0.15, 0.2) is 28.7 Å². The first-order chi connectivity index (χ1) is 8.68. The molecule has 1 aromatic carbocycles. The van der Waals surface area contributed by atoms with Gasteiger partial charge in [-0.1, -0.05) is 40.5 Å². The van der Waals surface area contributed by atoms with Crippen LogP contribution in [0.25, 0.3) is 0 Å². The normalized spacial score (nSPS) is 19.6. The van der Waals surface area contributed by atoms with Crippen molar-refractivity contribution in [1.82, 2.24) is 10.2 Å². The molecule has 0 radical (unpaired) electrons. The predicted molar refractivity (Wildman–Crippen MR) is 76.3 cm³/mol. The molecular weight excluding hydrogens is 292 g/mol. The molecule has 1 saturated heterocycles. The lowest BCUT2D eigenvalue weighted by molar-refractivity contribution is -0.133. The topological polar surface area (TPSA) is 32.3 Å². The quantitative estimate of drug-likeness (QED) is 0.930. The van der Waals surface area contributed by atoms with E-state index in [9.17, 15) is 4.79 Å². The summed E-state index contributed by atoms with van der Waals surface area (Å²) in [4.78, 5) is 14.1. The number of carbonyl (C=O) groups is 1. The highest BCUT2D eigenvalue weighted by molar-refractivity contribution is 9.10. The Kier molecular flexibility index (Phi) is 4.78. The van der Waals surface area contributed by atoms with E-state index in [4.69, 9.17) is 0 Å². The lowest BCUT2D eigenvalue weighted by atomic mass is 10.0. The van der Waals surface area contributed by atoms with Crippen LogP contribution in [0, 0.1) is 0 Å². The molecule has 4 heteroatoms. The molecule has 1 aromatic rings. The van der Waals surface area contributed by atoms with E-state index in [0.717, 1.165) is 29.4 Å². The first-order valence-electron chi connectivity index (χ1n) is 6.40. The van der Waals surface area contributed by atoms with Crippen molar-refractivity contribution in [1.29, 1.82) is 0 Å². The molecule has 1 heterocycles. The summed E-state index contributed by atoms with van der Waals surface area (Å²) in [5.74, 6) is 0.199. The van der Waals surface area contributed by atoms with Gasteiger partial charge in [0.1, 0.15) is 0 Å². The molecule has 18 heavy (non-hydrogen) atoms. The molecule has 0 unspecified atom stereocenters. The van der Waals surface area contributed by atoms with Crippen LogP contribution in [-0.4, -0.2) is 30.4 Å². The second-order valence-electron chi connectivity index (χ2n) is 4.79. The van der Waals surface area contributed by atoms with Crippen molar-refractivity contribution in [2.45, 2.75) is 31.8 Å². The first kappa shape index (κ1) is 13.6. The zero-order valence-corrected chi connectivity index (χ0v) is 12.2. The fourth-order valence-corrected chi connectivity index (χ4v) is 2.70. The summed E-state index contributed by atoms with van der Waals surface area (Å²) >= 11 is 3.52. The molecule has 0 spiro atoms. The molecule has 1 N–H and O–H groups in total. The van der Waals surface area contributed by atoms with Crippen molar-refractivity contribution in [2.75, 3.05) is 13.6 Å². The average molecular weight is 311 g/mol. The van der Waals surface area contributed by atoms with Gasteiger partial charge in [-0.05, 0) is 31.0 Å². The van der Waals surface area contributed by atoms with Gasteiger partial charge in [0.25, 0.3) is 0 Å². The van der Waals surface area contributed by atoms with Crippen molar-refractivity contribution in [3.63, 3.8) is 0 Å². The van der Waals surface area contributed by atoms with Crippen LogP contribution >= 0.6 is 15.9 Å². The number of nitrogens with zero attached hydrogens (tertiary/aromatic N) is 1. The van der Waals surface area contributed by atoms with Gasteiger partial charge in [-0.2, -0.15) is 0 Å². The highest BCUT2D eigenvalue weighted by Crippen LogP contribution is 2.18. The summed E-state index contributed by atoms with van der Waals surface area (Å²) in [6, 6.07) is 8.04. The second-order valence-corrected chi connectivity index (χ2v) is 5.64. The third-order valence-corrected chi connectivity index (χ3v) is 4.12. The van der Waals surface area contributed by atoms with Gasteiger partial charge in [-0.3, -0.25) is 4.79 Å². The molecule has 0 bridgehead atoms. The zero-order valence-electron chi connectivity index (χ0n) is 10.7. The van der Waals surface area contributed by atoms with Crippen molar-refractivity contribution in [3.8, 4) is 0 Å². The Hall–Kier alpha value is -0.870. The Bertz CT molecular complexity index is 416. The van der Waals surface area contributed by atoms with Crippen molar-refractivity contribution in [3.05, 3.63) is 34.3 Å². The Balaban J connectivity index is 1.96. The van der Waals surface area contributed by atoms with Crippen LogP contribution in [0.4, 0.5) is 0 Å². The molecule has 1 aliphatic heterocycles. The third-order valence-electron chi connectivity index (χ3n) is 3.35. The van der Waals surface area contributed by atoms with E-state index in [1.807, 2.05) is 36.2 Å². The van der Waals surface area contributed by atoms with Gasteiger partial charge in [0.05, 0.1) is 6.04 Å². The summed E-state index contributed by atoms with van der Waals surface area (Å²) < 4.78 is 1.06. The lowest BCUT2D eigenvalue weighted by Gasteiger charge is -2.27. The zero-order chi connectivity index (χ0) is 13.0. The average Bonchev–Trinajstić information content (AvgIpc) is 2.41. The number of hydrogen-bond donors (Lipinski definition) is 1. The van der Waals surface area contributed by atoms with Crippen molar-refractivity contribution >= 4 is 21.8 Å². The van der Waals surface area contributed by atoms with Gasteiger partial charge in [-0.15, -0.1) is 0 Å². The standard InChI is InChI=1S/C14H19BrN2O/c1-17(10-11-6-2-3-7-12(11)15)14(18)13-8-4-5-9-16-13/h2-3,6-7,13,16H,4-5,8-10H2,1H3/t13-/m1/s1. The SMILES string of the molecule is CN(Cc1ccccc1Br)C(=O)[C@H]1CCCCN1. The Morgan fingerprint density at radius 2 is 2.22 bits per heavy atom. The van der Waals surface area contributed by atoms with Crippen molar-refractivity contribution in [2.24, 2.45) is 0 Å². The molecule has 1 atom stereocenters. The van der Waals surface area contributed by atoms with Gasteiger partial charge in [-0.25, -0.2) is 0 Å². The summed E-state index contributed by atoms with van der Waals surface area (Å²) in [5.41, 5.74) is 1.14. The lowest BCUT2D eigenvalue weighted by Crippen LogP contribution is -2.47. The molecule has 3 nitrogen and oxygen atoms in total. The van der Waals surface area contributed by atoms with Crippen LogP contribution in [0.3, 0.4) is 0 Å². The summed E-state index contributed by atoms with van der Waals surface area (Å²) in [5, 5.41) is 3.30. The maximum Gasteiger partial charge on any atom is 0.239 e. The summed E-state index contributed by atoms with van der Waals surface area (Å²) in [6.45, 7) is 1.61. The number of halogens is 1. The number of nitrogens with one attached hydrogen (secondary N) is 1. The maximum absolute atomic E-state index is 12.3. The third kappa shape index (κ3) is 3.33. The minimum atomic E-state index is 0.00578. The van der Waals surface area contributed by atoms with Gasteiger partial charge in [0.15, 0.2) is 0 Å². The van der Waals surface area contributed by atoms with E-state index in [1.165, 1.54) is 6.42 Å². The Morgan fingerprint density at radius 1 is 1.44 bits per heavy atom. The summed E-state index contributed by atoms with van der Waals surface area (Å²) in [7, 11) is 1.87. The largest absolute Gasteiger partial charge is 0.340 e. The van der Waals surface area contributed by atoms with E-state index >= 15 is 0 Å². The van der Waals surface area contributed by atoms with Crippen LogP contribution in [0.5, 0.6) is 0 Å². The van der Waals surface area contributed by atoms with E-state index < -0.39 is 0 Å². The van der Waals surface area contributed by atoms with E-state index in [1.54, 1.807) is 0 Å². The van der Waals surface area contributed by atoms with Gasteiger partial charge in [0.2, 0.25) is 5.91 Å². The number of benzene rings is 1. The Morgan fingerprint density at radius 3 is 2.89 bits per heavy atom. The fourth-order valence-electron chi connectivity index (χ4n) is 2.29. The Labute approximate surface area is 117 Å². The second kappa shape index (κ2) is 6.34. The van der Waals surface area contributed by atoms with Gasteiger partial charge >= 0.3 is 0 Å². The maximum atomic E-state index is 12.3. The number of hydrogen-bond acceptors (Lipinski definition) is 2. The number of piperidine rings is 1. The highest BCUT2D eigenvalue weighted by atomic mass is 79.9.